The summed E-state index contributed by atoms with van der Waals surface area (Å²) in [6.45, 7) is 7.91. The topological polar surface area (TPSA) is 113 Å². The normalized spacial score (nSPS) is 13.3. The molecule has 0 fully saturated rings. The molecular weight excluding hydrogens is 480 g/mol. The number of nitrogens with zero attached hydrogens (tertiary/aromatic N) is 4. The molecule has 0 radical (unpaired) electrons. The lowest BCUT2D eigenvalue weighted by atomic mass is 10.1. The number of aryl methyl sites for hydroxylation is 2. The number of carbonyl (C=O) groups is 1. The summed E-state index contributed by atoms with van der Waals surface area (Å²) in [7, 11) is 1.69. The van der Waals surface area contributed by atoms with Crippen molar-refractivity contribution in [3.05, 3.63) is 54.0 Å². The molecule has 1 atom stereocenters. The number of ether oxygens (including phenoxy) is 1. The number of methoxy groups -OCH3 is 1. The third-order valence-corrected chi connectivity index (χ3v) is 6.61. The van der Waals surface area contributed by atoms with Gasteiger partial charge in [-0.25, -0.2) is 19.7 Å². The van der Waals surface area contributed by atoms with Gasteiger partial charge in [-0.05, 0) is 68.8 Å². The molecule has 2 aromatic heterocycles. The summed E-state index contributed by atoms with van der Waals surface area (Å²) in [5.41, 5.74) is 3.22. The van der Waals surface area contributed by atoms with Gasteiger partial charge in [0.2, 0.25) is 0 Å². The molecule has 0 saturated heterocycles. The highest BCUT2D eigenvalue weighted by atomic mass is 16.5. The SMILES string of the molecule is CC.COCCN(CCCCc1ccc2c(n1)NCCC2)CCC(Nc1ncnc2ccccc12)C(=O)O. The Morgan fingerprint density at radius 1 is 1.13 bits per heavy atom. The van der Waals surface area contributed by atoms with Crippen LogP contribution in [0.25, 0.3) is 10.9 Å². The van der Waals surface area contributed by atoms with Gasteiger partial charge >= 0.3 is 5.97 Å². The first-order valence-corrected chi connectivity index (χ1v) is 13.8. The minimum absolute atomic E-state index is 0.454. The Kier molecular flexibility index (Phi) is 12.2. The van der Waals surface area contributed by atoms with Crippen LogP contribution in [0.15, 0.2) is 42.7 Å². The minimum atomic E-state index is -0.892. The Morgan fingerprint density at radius 2 is 1.97 bits per heavy atom. The number of para-hydroxylation sites is 1. The third kappa shape index (κ3) is 8.63. The maximum absolute atomic E-state index is 12.0. The van der Waals surface area contributed by atoms with Crippen molar-refractivity contribution in [2.24, 2.45) is 0 Å². The van der Waals surface area contributed by atoms with Crippen LogP contribution < -0.4 is 10.6 Å². The second kappa shape index (κ2) is 15.8. The summed E-state index contributed by atoms with van der Waals surface area (Å²) >= 11 is 0. The average Bonchev–Trinajstić information content (AvgIpc) is 2.96. The lowest BCUT2D eigenvalue weighted by Crippen LogP contribution is -2.37. The number of aromatic nitrogens is 3. The molecule has 1 aliphatic rings. The van der Waals surface area contributed by atoms with Crippen LogP contribution in [-0.2, 0) is 22.4 Å². The number of rotatable bonds is 14. The van der Waals surface area contributed by atoms with Crippen LogP contribution in [-0.4, -0.2) is 76.9 Å². The van der Waals surface area contributed by atoms with Gasteiger partial charge in [-0.2, -0.15) is 0 Å². The highest BCUT2D eigenvalue weighted by molar-refractivity contribution is 5.90. The van der Waals surface area contributed by atoms with Gasteiger partial charge in [-0.15, -0.1) is 0 Å². The van der Waals surface area contributed by atoms with Crippen LogP contribution in [0.3, 0.4) is 0 Å². The number of fused-ring (bicyclic) bond motifs is 2. The summed E-state index contributed by atoms with van der Waals surface area (Å²) in [6, 6.07) is 11.2. The predicted octanol–water partition coefficient (Wildman–Crippen LogP) is 4.64. The van der Waals surface area contributed by atoms with E-state index in [1.54, 1.807) is 7.11 Å². The average molecular weight is 523 g/mol. The van der Waals surface area contributed by atoms with Gasteiger partial charge in [0.15, 0.2) is 0 Å². The smallest absolute Gasteiger partial charge is 0.326 e. The van der Waals surface area contributed by atoms with E-state index in [-0.39, 0.29) is 0 Å². The Bertz CT molecular complexity index is 1140. The van der Waals surface area contributed by atoms with Gasteiger partial charge in [0.25, 0.3) is 0 Å². The molecular formula is C29H42N6O3. The second-order valence-electron chi connectivity index (χ2n) is 9.20. The minimum Gasteiger partial charge on any atom is -0.480 e. The van der Waals surface area contributed by atoms with E-state index in [0.29, 0.717) is 25.4 Å². The highest BCUT2D eigenvalue weighted by Gasteiger charge is 2.20. The van der Waals surface area contributed by atoms with Crippen LogP contribution in [0.4, 0.5) is 11.6 Å². The van der Waals surface area contributed by atoms with E-state index in [9.17, 15) is 9.90 Å². The van der Waals surface area contributed by atoms with E-state index < -0.39 is 12.0 Å². The second-order valence-corrected chi connectivity index (χ2v) is 9.20. The van der Waals surface area contributed by atoms with Gasteiger partial charge in [-0.1, -0.05) is 32.0 Å². The van der Waals surface area contributed by atoms with E-state index in [2.05, 4.69) is 37.6 Å². The standard InChI is InChI=1S/C27H36N6O3.C2H6/c1-36-18-17-33(15-5-4-8-21-12-11-20-7-6-14-28-25(20)31-21)16-13-24(27(34)35)32-26-22-9-2-3-10-23(22)29-19-30-26;1-2/h2-3,9-12,19,24H,4-8,13-18H2,1H3,(H,28,31)(H,34,35)(H,29,30,32);1-2H3. The predicted molar refractivity (Wildman–Crippen MR) is 153 cm³/mol. The molecule has 0 saturated carbocycles. The van der Waals surface area contributed by atoms with E-state index in [4.69, 9.17) is 9.72 Å². The van der Waals surface area contributed by atoms with Crippen molar-refractivity contribution < 1.29 is 14.6 Å². The largest absolute Gasteiger partial charge is 0.480 e. The zero-order chi connectivity index (χ0) is 27.2. The van der Waals surface area contributed by atoms with Gasteiger partial charge in [0.05, 0.1) is 12.1 Å². The number of pyridine rings is 1. The van der Waals surface area contributed by atoms with E-state index in [0.717, 1.165) is 67.7 Å². The van der Waals surface area contributed by atoms with E-state index in [1.807, 2.05) is 38.1 Å². The first-order valence-electron chi connectivity index (χ1n) is 13.8. The third-order valence-electron chi connectivity index (χ3n) is 6.61. The fraction of sp³-hybridized carbons (Fsp3) is 0.517. The first-order chi connectivity index (χ1) is 18.6. The fourth-order valence-corrected chi connectivity index (χ4v) is 4.56. The molecule has 3 N–H and O–H groups in total. The number of unbranched alkanes of at least 4 members (excludes halogenated alkanes) is 1. The van der Waals surface area contributed by atoms with Crippen LogP contribution in [0.5, 0.6) is 0 Å². The van der Waals surface area contributed by atoms with Crippen molar-refractivity contribution in [3.8, 4) is 0 Å². The molecule has 3 heterocycles. The van der Waals surface area contributed by atoms with Gasteiger partial charge < -0.3 is 25.4 Å². The van der Waals surface area contributed by atoms with Crippen LogP contribution in [0, 0.1) is 0 Å². The van der Waals surface area contributed by atoms with Crippen molar-refractivity contribution in [2.75, 3.05) is 50.5 Å². The molecule has 3 aromatic rings. The Balaban J connectivity index is 0.00000195. The number of carboxylic acid groups (broad SMARTS) is 1. The quantitative estimate of drug-likeness (QED) is 0.261. The van der Waals surface area contributed by atoms with Gasteiger partial charge in [0.1, 0.15) is 24.0 Å². The molecule has 0 aliphatic carbocycles. The molecule has 9 nitrogen and oxygen atoms in total. The Morgan fingerprint density at radius 3 is 2.79 bits per heavy atom. The van der Waals surface area contributed by atoms with Gasteiger partial charge in [-0.3, -0.25) is 0 Å². The van der Waals surface area contributed by atoms with E-state index in [1.165, 1.54) is 18.3 Å². The van der Waals surface area contributed by atoms with Crippen molar-refractivity contribution >= 4 is 28.5 Å². The summed E-state index contributed by atoms with van der Waals surface area (Å²) < 4.78 is 5.29. The number of benzene rings is 1. The number of nitrogens with one attached hydrogen (secondary N) is 2. The Labute approximate surface area is 226 Å². The first kappa shape index (κ1) is 29.3. The molecule has 1 aromatic carbocycles. The number of anilines is 2. The number of carboxylic acids is 1. The lowest BCUT2D eigenvalue weighted by Gasteiger charge is -2.24. The molecule has 206 valence electrons. The van der Waals surface area contributed by atoms with Crippen molar-refractivity contribution in [1.82, 2.24) is 19.9 Å². The molecule has 0 bridgehead atoms. The maximum Gasteiger partial charge on any atom is 0.326 e. The molecule has 9 heteroatoms. The molecule has 38 heavy (non-hydrogen) atoms. The summed E-state index contributed by atoms with van der Waals surface area (Å²) in [6.07, 6.45) is 7.16. The van der Waals surface area contributed by atoms with Crippen molar-refractivity contribution in [2.45, 2.75) is 58.4 Å². The monoisotopic (exact) mass is 522 g/mol. The van der Waals surface area contributed by atoms with Crippen molar-refractivity contribution in [1.29, 1.82) is 0 Å². The van der Waals surface area contributed by atoms with Gasteiger partial charge in [0, 0.05) is 37.8 Å². The molecule has 0 spiro atoms. The molecule has 4 rings (SSSR count). The highest BCUT2D eigenvalue weighted by Crippen LogP contribution is 2.21. The van der Waals surface area contributed by atoms with Crippen LogP contribution >= 0.6 is 0 Å². The van der Waals surface area contributed by atoms with Crippen LogP contribution in [0.2, 0.25) is 0 Å². The maximum atomic E-state index is 12.0. The molecule has 1 unspecified atom stereocenters. The van der Waals surface area contributed by atoms with E-state index >= 15 is 0 Å². The molecule has 0 amide bonds. The zero-order valence-electron chi connectivity index (χ0n) is 22.9. The lowest BCUT2D eigenvalue weighted by molar-refractivity contribution is -0.138. The number of hydrogen-bond acceptors (Lipinski definition) is 8. The van der Waals surface area contributed by atoms with Crippen LogP contribution in [0.1, 0.15) is 50.8 Å². The van der Waals surface area contributed by atoms with Crippen molar-refractivity contribution in [3.63, 3.8) is 0 Å². The summed E-state index contributed by atoms with van der Waals surface area (Å²) in [5, 5.41) is 17.2. The fourth-order valence-electron chi connectivity index (χ4n) is 4.56. The Hall–Kier alpha value is -3.30. The summed E-state index contributed by atoms with van der Waals surface area (Å²) in [4.78, 5) is 27.6. The molecule has 1 aliphatic heterocycles. The number of aliphatic carboxylic acids is 1. The number of hydrogen-bond donors (Lipinski definition) is 3. The summed E-state index contributed by atoms with van der Waals surface area (Å²) in [5.74, 6) is 0.698. The zero-order valence-corrected chi connectivity index (χ0v) is 22.9.